The topological polar surface area (TPSA) is 85.4 Å². The fourth-order valence-corrected chi connectivity index (χ4v) is 5.77. The van der Waals surface area contributed by atoms with Gasteiger partial charge in [-0.05, 0) is 42.7 Å². The third-order valence-electron chi connectivity index (χ3n) is 5.91. The molecule has 0 saturated carbocycles. The Morgan fingerprint density at radius 3 is 2.36 bits per heavy atom. The molecular weight excluding hydrogens is 444 g/mol. The van der Waals surface area contributed by atoms with Gasteiger partial charge in [-0.2, -0.15) is 4.31 Å². The number of carbonyl (C=O) groups excluding carboxylic acids is 1. The number of ether oxygens (including phenoxy) is 3. The molecule has 0 radical (unpaired) electrons. The van der Waals surface area contributed by atoms with Crippen molar-refractivity contribution < 1.29 is 27.4 Å². The Labute approximate surface area is 196 Å². The maximum absolute atomic E-state index is 13.5. The van der Waals surface area contributed by atoms with E-state index in [1.54, 1.807) is 47.8 Å². The van der Waals surface area contributed by atoms with Crippen molar-refractivity contribution in [3.63, 3.8) is 0 Å². The second-order valence-corrected chi connectivity index (χ2v) is 9.87. The van der Waals surface area contributed by atoms with Crippen molar-refractivity contribution in [1.82, 2.24) is 9.21 Å². The molecule has 0 aromatic heterocycles. The quantitative estimate of drug-likeness (QED) is 0.488. The first-order chi connectivity index (χ1) is 15.9. The minimum atomic E-state index is -3.69. The van der Waals surface area contributed by atoms with Crippen LogP contribution in [0.5, 0.6) is 5.75 Å². The molecule has 0 atom stereocenters. The monoisotopic (exact) mass is 476 g/mol. The number of esters is 1. The summed E-state index contributed by atoms with van der Waals surface area (Å²) in [7, 11) is 0.774. The summed E-state index contributed by atoms with van der Waals surface area (Å²) in [6, 6.07) is 13.9. The van der Waals surface area contributed by atoms with E-state index in [1.165, 1.54) is 14.2 Å². The zero-order valence-electron chi connectivity index (χ0n) is 19.4. The summed E-state index contributed by atoms with van der Waals surface area (Å²) >= 11 is 0. The lowest BCUT2D eigenvalue weighted by Gasteiger charge is -2.37. The Kier molecular flexibility index (Phi) is 8.85. The van der Waals surface area contributed by atoms with Crippen LogP contribution >= 0.6 is 0 Å². The number of likely N-dealkylation sites (tertiary alicyclic amines) is 1. The van der Waals surface area contributed by atoms with Crippen LogP contribution in [0.3, 0.4) is 0 Å². The van der Waals surface area contributed by atoms with Crippen molar-refractivity contribution in [3.05, 3.63) is 59.7 Å². The summed E-state index contributed by atoms with van der Waals surface area (Å²) in [4.78, 5) is 14.1. The van der Waals surface area contributed by atoms with Gasteiger partial charge in [-0.1, -0.05) is 18.2 Å². The largest absolute Gasteiger partial charge is 0.497 e. The van der Waals surface area contributed by atoms with Crippen LogP contribution < -0.4 is 4.74 Å². The number of sulfonamides is 1. The minimum Gasteiger partial charge on any atom is -0.497 e. The summed E-state index contributed by atoms with van der Waals surface area (Å²) in [6.45, 7) is 2.93. The molecule has 1 fully saturated rings. The minimum absolute atomic E-state index is 0.102. The Balaban J connectivity index is 1.67. The SMILES string of the molecule is COCCN(C1CCN(Cc2ccc(C(=O)OC)cc2)CC1)S(=O)(=O)c1cccc(OC)c1. The highest BCUT2D eigenvalue weighted by atomic mass is 32.2. The van der Waals surface area contributed by atoms with Gasteiger partial charge in [-0.25, -0.2) is 13.2 Å². The van der Waals surface area contributed by atoms with Crippen LogP contribution in [0.2, 0.25) is 0 Å². The van der Waals surface area contributed by atoms with Crippen LogP contribution in [-0.4, -0.2) is 77.2 Å². The molecule has 2 aromatic rings. The molecule has 9 heteroatoms. The first-order valence-corrected chi connectivity index (χ1v) is 12.4. The van der Waals surface area contributed by atoms with Gasteiger partial charge in [-0.3, -0.25) is 4.90 Å². The molecule has 1 aliphatic rings. The number of piperidine rings is 1. The summed E-state index contributed by atoms with van der Waals surface area (Å²) in [5.74, 6) is 0.159. The van der Waals surface area contributed by atoms with E-state index in [4.69, 9.17) is 14.2 Å². The van der Waals surface area contributed by atoms with Crippen LogP contribution in [0.4, 0.5) is 0 Å². The summed E-state index contributed by atoms with van der Waals surface area (Å²) in [5, 5.41) is 0. The van der Waals surface area contributed by atoms with Crippen molar-refractivity contribution in [1.29, 1.82) is 0 Å². The molecule has 180 valence electrons. The van der Waals surface area contributed by atoms with Gasteiger partial charge in [0.25, 0.3) is 0 Å². The Morgan fingerprint density at radius 1 is 1.06 bits per heavy atom. The average Bonchev–Trinajstić information content (AvgIpc) is 2.85. The lowest BCUT2D eigenvalue weighted by atomic mass is 10.0. The summed E-state index contributed by atoms with van der Waals surface area (Å²) < 4.78 is 43.6. The first-order valence-electron chi connectivity index (χ1n) is 10.9. The summed E-state index contributed by atoms with van der Waals surface area (Å²) in [5.41, 5.74) is 1.62. The Bertz CT molecular complexity index is 1020. The van der Waals surface area contributed by atoms with E-state index in [1.807, 2.05) is 12.1 Å². The van der Waals surface area contributed by atoms with Crippen molar-refractivity contribution in [2.75, 3.05) is 47.6 Å². The van der Waals surface area contributed by atoms with E-state index in [-0.39, 0.29) is 16.9 Å². The van der Waals surface area contributed by atoms with Crippen molar-refractivity contribution in [3.8, 4) is 5.75 Å². The van der Waals surface area contributed by atoms with Crippen LogP contribution in [0, 0.1) is 0 Å². The highest BCUT2D eigenvalue weighted by Gasteiger charge is 2.33. The maximum atomic E-state index is 13.5. The van der Waals surface area contributed by atoms with Crippen LogP contribution in [0.1, 0.15) is 28.8 Å². The van der Waals surface area contributed by atoms with E-state index in [0.29, 0.717) is 24.5 Å². The molecule has 0 unspecified atom stereocenters. The van der Waals surface area contributed by atoms with Crippen molar-refractivity contribution >= 4 is 16.0 Å². The van der Waals surface area contributed by atoms with Gasteiger partial charge >= 0.3 is 5.97 Å². The molecule has 0 bridgehead atoms. The van der Waals surface area contributed by atoms with Crippen LogP contribution in [0.25, 0.3) is 0 Å². The maximum Gasteiger partial charge on any atom is 0.337 e. The zero-order valence-corrected chi connectivity index (χ0v) is 20.2. The van der Waals surface area contributed by atoms with Gasteiger partial charge in [-0.15, -0.1) is 0 Å². The highest BCUT2D eigenvalue weighted by molar-refractivity contribution is 7.89. The molecule has 3 rings (SSSR count). The number of hydrogen-bond donors (Lipinski definition) is 0. The first kappa shape index (κ1) is 25.2. The van der Waals surface area contributed by atoms with E-state index in [9.17, 15) is 13.2 Å². The number of rotatable bonds is 10. The number of nitrogens with zero attached hydrogens (tertiary/aromatic N) is 2. The molecule has 1 aliphatic heterocycles. The van der Waals surface area contributed by atoms with E-state index < -0.39 is 10.0 Å². The molecule has 1 saturated heterocycles. The molecule has 0 spiro atoms. The highest BCUT2D eigenvalue weighted by Crippen LogP contribution is 2.27. The van der Waals surface area contributed by atoms with Crippen molar-refractivity contribution in [2.45, 2.75) is 30.3 Å². The van der Waals surface area contributed by atoms with E-state index >= 15 is 0 Å². The Morgan fingerprint density at radius 2 is 1.76 bits per heavy atom. The van der Waals surface area contributed by atoms with Crippen LogP contribution in [-0.2, 0) is 26.0 Å². The second kappa shape index (κ2) is 11.6. The molecule has 0 N–H and O–H groups in total. The third-order valence-corrected chi connectivity index (χ3v) is 7.86. The predicted molar refractivity (Wildman–Crippen MR) is 125 cm³/mol. The smallest absolute Gasteiger partial charge is 0.337 e. The third kappa shape index (κ3) is 6.32. The van der Waals surface area contributed by atoms with Gasteiger partial charge < -0.3 is 14.2 Å². The average molecular weight is 477 g/mol. The Hall–Kier alpha value is -2.46. The van der Waals surface area contributed by atoms with E-state index in [2.05, 4.69) is 4.90 Å². The fourth-order valence-electron chi connectivity index (χ4n) is 4.07. The van der Waals surface area contributed by atoms with Gasteiger partial charge in [0.1, 0.15) is 5.75 Å². The van der Waals surface area contributed by atoms with Gasteiger partial charge in [0, 0.05) is 45.4 Å². The predicted octanol–water partition coefficient (Wildman–Crippen LogP) is 2.78. The lowest BCUT2D eigenvalue weighted by molar-refractivity contribution is 0.0600. The van der Waals surface area contributed by atoms with Gasteiger partial charge in [0.2, 0.25) is 10.0 Å². The van der Waals surface area contributed by atoms with Gasteiger partial charge in [0.15, 0.2) is 0 Å². The lowest BCUT2D eigenvalue weighted by Crippen LogP contribution is -2.48. The van der Waals surface area contributed by atoms with E-state index in [0.717, 1.165) is 38.0 Å². The molecule has 0 amide bonds. The normalized spacial score (nSPS) is 15.5. The molecule has 2 aromatic carbocycles. The second-order valence-electron chi connectivity index (χ2n) is 7.98. The molecule has 0 aliphatic carbocycles. The molecular formula is C24H32N2O6S. The number of carbonyl (C=O) groups is 1. The number of methoxy groups -OCH3 is 3. The zero-order chi connectivity index (χ0) is 23.8. The number of benzene rings is 2. The fraction of sp³-hybridized carbons (Fsp3) is 0.458. The number of hydrogen-bond acceptors (Lipinski definition) is 7. The van der Waals surface area contributed by atoms with Gasteiger partial charge in [0.05, 0.1) is 31.3 Å². The molecule has 33 heavy (non-hydrogen) atoms. The molecule has 8 nitrogen and oxygen atoms in total. The summed E-state index contributed by atoms with van der Waals surface area (Å²) in [6.07, 6.45) is 1.46. The standard InChI is InChI=1S/C24H32N2O6S/c1-30-16-15-26(33(28,29)23-6-4-5-22(17-23)31-2)21-11-13-25(14-12-21)18-19-7-9-20(10-8-19)24(27)32-3/h4-10,17,21H,11-16,18H2,1-3H3. The van der Waals surface area contributed by atoms with Crippen molar-refractivity contribution in [2.24, 2.45) is 0 Å². The molecule has 1 heterocycles. The van der Waals surface area contributed by atoms with Crippen LogP contribution in [0.15, 0.2) is 53.4 Å².